The third-order valence-electron chi connectivity index (χ3n) is 5.83. The fraction of sp³-hybridized carbons (Fsp3) is 0.360. The van der Waals surface area contributed by atoms with Gasteiger partial charge in [-0.05, 0) is 43.5 Å². The summed E-state index contributed by atoms with van der Waals surface area (Å²) in [5.41, 5.74) is 4.61. The molecule has 1 aliphatic heterocycles. The highest BCUT2D eigenvalue weighted by molar-refractivity contribution is 5.90. The summed E-state index contributed by atoms with van der Waals surface area (Å²) in [5.74, 6) is 3.44. The molecular weight excluding hydrogens is 416 g/mol. The highest BCUT2D eigenvalue weighted by Crippen LogP contribution is 2.37. The molecular formula is C25H28N6O2. The summed E-state index contributed by atoms with van der Waals surface area (Å²) in [6, 6.07) is 7.85. The van der Waals surface area contributed by atoms with E-state index in [0.717, 1.165) is 58.2 Å². The standard InChI is InChI=1S/C25H28N6O2/c1-14-9-18-11-26-24(30-21(18)23(27-14)31-12-25(4,5)13-31)29-19-8-7-17(10-20(19)32-6)22-15(2)28-16(3)33-22/h7-11H,12-13H2,1-6H3,(H,26,29,30). The first-order valence-electron chi connectivity index (χ1n) is 11.0. The summed E-state index contributed by atoms with van der Waals surface area (Å²) in [5, 5.41) is 4.29. The number of nitrogens with zero attached hydrogens (tertiary/aromatic N) is 5. The average molecular weight is 445 g/mol. The van der Waals surface area contributed by atoms with Crippen molar-refractivity contribution in [2.45, 2.75) is 34.6 Å². The molecule has 8 heteroatoms. The summed E-state index contributed by atoms with van der Waals surface area (Å²) in [7, 11) is 1.64. The largest absolute Gasteiger partial charge is 0.495 e. The molecule has 1 aliphatic rings. The number of hydrogen-bond donors (Lipinski definition) is 1. The maximum Gasteiger partial charge on any atom is 0.227 e. The Morgan fingerprint density at radius 3 is 2.52 bits per heavy atom. The zero-order chi connectivity index (χ0) is 23.3. The van der Waals surface area contributed by atoms with Crippen LogP contribution in [0.4, 0.5) is 17.5 Å². The molecule has 0 aliphatic carbocycles. The lowest BCUT2D eigenvalue weighted by Gasteiger charge is -2.46. The van der Waals surface area contributed by atoms with Gasteiger partial charge in [0.15, 0.2) is 17.5 Å². The van der Waals surface area contributed by atoms with E-state index in [9.17, 15) is 0 Å². The zero-order valence-electron chi connectivity index (χ0n) is 19.9. The molecule has 8 nitrogen and oxygen atoms in total. The first-order valence-corrected chi connectivity index (χ1v) is 11.0. The predicted octanol–water partition coefficient (Wildman–Crippen LogP) is 5.20. The van der Waals surface area contributed by atoms with E-state index in [0.29, 0.717) is 23.0 Å². The third-order valence-corrected chi connectivity index (χ3v) is 5.83. The second kappa shape index (κ2) is 7.72. The Bertz CT molecular complexity index is 1350. The van der Waals surface area contributed by atoms with Crippen LogP contribution in [0.5, 0.6) is 5.75 Å². The minimum absolute atomic E-state index is 0.293. The summed E-state index contributed by atoms with van der Waals surface area (Å²) in [6.07, 6.45) is 1.84. The number of fused-ring (bicyclic) bond motifs is 1. The number of benzene rings is 1. The molecule has 4 aromatic rings. The van der Waals surface area contributed by atoms with E-state index in [2.05, 4.69) is 34.0 Å². The van der Waals surface area contributed by atoms with Crippen LogP contribution < -0.4 is 15.0 Å². The van der Waals surface area contributed by atoms with Crippen molar-refractivity contribution in [1.82, 2.24) is 19.9 Å². The van der Waals surface area contributed by atoms with Crippen molar-refractivity contribution in [2.24, 2.45) is 5.41 Å². The molecule has 0 amide bonds. The van der Waals surface area contributed by atoms with Crippen LogP contribution in [0, 0.1) is 26.2 Å². The van der Waals surface area contributed by atoms with Crippen LogP contribution in [-0.4, -0.2) is 40.1 Å². The van der Waals surface area contributed by atoms with Crippen LogP contribution in [0.2, 0.25) is 0 Å². The van der Waals surface area contributed by atoms with E-state index in [1.807, 2.05) is 51.2 Å². The van der Waals surface area contributed by atoms with Crippen molar-refractivity contribution in [2.75, 3.05) is 30.4 Å². The summed E-state index contributed by atoms with van der Waals surface area (Å²) < 4.78 is 11.4. The number of aromatic nitrogens is 4. The van der Waals surface area contributed by atoms with Crippen LogP contribution >= 0.6 is 0 Å². The molecule has 5 rings (SSSR count). The summed E-state index contributed by atoms with van der Waals surface area (Å²) in [6.45, 7) is 12.2. The molecule has 0 saturated carbocycles. The van der Waals surface area contributed by atoms with Gasteiger partial charge in [-0.25, -0.2) is 19.9 Å². The lowest BCUT2D eigenvalue weighted by Crippen LogP contribution is -2.53. The van der Waals surface area contributed by atoms with Gasteiger partial charge in [0.1, 0.15) is 11.3 Å². The van der Waals surface area contributed by atoms with Crippen LogP contribution in [0.25, 0.3) is 22.2 Å². The van der Waals surface area contributed by atoms with E-state index >= 15 is 0 Å². The Balaban J connectivity index is 1.49. The number of nitrogens with one attached hydrogen (secondary N) is 1. The van der Waals surface area contributed by atoms with Crippen molar-refractivity contribution in [1.29, 1.82) is 0 Å². The number of rotatable bonds is 5. The maximum atomic E-state index is 5.76. The van der Waals surface area contributed by atoms with E-state index in [-0.39, 0.29) is 0 Å². The molecule has 1 aromatic carbocycles. The van der Waals surface area contributed by atoms with E-state index in [1.165, 1.54) is 0 Å². The molecule has 1 fully saturated rings. The Morgan fingerprint density at radius 2 is 1.85 bits per heavy atom. The third kappa shape index (κ3) is 3.97. The van der Waals surface area contributed by atoms with Crippen molar-refractivity contribution < 1.29 is 9.15 Å². The van der Waals surface area contributed by atoms with Crippen LogP contribution in [0.15, 0.2) is 34.9 Å². The molecule has 1 N–H and O–H groups in total. The lowest BCUT2D eigenvalue weighted by molar-refractivity contribution is 0.275. The molecule has 4 heterocycles. The first kappa shape index (κ1) is 21.2. The minimum atomic E-state index is 0.293. The number of aryl methyl sites for hydroxylation is 3. The van der Waals surface area contributed by atoms with Gasteiger partial charge in [0, 0.05) is 42.9 Å². The van der Waals surface area contributed by atoms with E-state index < -0.39 is 0 Å². The van der Waals surface area contributed by atoms with Crippen LogP contribution in [0.1, 0.15) is 31.1 Å². The minimum Gasteiger partial charge on any atom is -0.495 e. The van der Waals surface area contributed by atoms with Gasteiger partial charge in [-0.3, -0.25) is 0 Å². The fourth-order valence-electron chi connectivity index (χ4n) is 4.43. The van der Waals surface area contributed by atoms with Crippen LogP contribution in [-0.2, 0) is 0 Å². The van der Waals surface area contributed by atoms with Gasteiger partial charge in [0.25, 0.3) is 0 Å². The van der Waals surface area contributed by atoms with Gasteiger partial charge in [0.05, 0.1) is 18.5 Å². The van der Waals surface area contributed by atoms with Gasteiger partial charge >= 0.3 is 0 Å². The van der Waals surface area contributed by atoms with Crippen LogP contribution in [0.3, 0.4) is 0 Å². The highest BCUT2D eigenvalue weighted by Gasteiger charge is 2.36. The van der Waals surface area contributed by atoms with E-state index in [1.54, 1.807) is 7.11 Å². The quantitative estimate of drug-likeness (QED) is 0.449. The normalized spacial score (nSPS) is 14.9. The topological polar surface area (TPSA) is 89.2 Å². The Kier molecular flexibility index (Phi) is 4.96. The van der Waals surface area contributed by atoms with Gasteiger partial charge in [-0.2, -0.15) is 0 Å². The molecule has 0 radical (unpaired) electrons. The number of methoxy groups -OCH3 is 1. The lowest BCUT2D eigenvalue weighted by atomic mass is 9.84. The molecule has 0 unspecified atom stereocenters. The van der Waals surface area contributed by atoms with Crippen molar-refractivity contribution in [3.63, 3.8) is 0 Å². The van der Waals surface area contributed by atoms with Crippen molar-refractivity contribution in [3.05, 3.63) is 47.7 Å². The van der Waals surface area contributed by atoms with E-state index in [4.69, 9.17) is 19.1 Å². The Hall–Kier alpha value is -3.68. The summed E-state index contributed by atoms with van der Waals surface area (Å²) in [4.78, 5) is 20.8. The number of ether oxygens (including phenoxy) is 1. The molecule has 33 heavy (non-hydrogen) atoms. The number of hydrogen-bond acceptors (Lipinski definition) is 8. The second-order valence-corrected chi connectivity index (χ2v) is 9.43. The maximum absolute atomic E-state index is 5.76. The van der Waals surface area contributed by atoms with Crippen molar-refractivity contribution >= 4 is 28.4 Å². The van der Waals surface area contributed by atoms with Gasteiger partial charge in [0.2, 0.25) is 5.95 Å². The first-order chi connectivity index (χ1) is 15.7. The second-order valence-electron chi connectivity index (χ2n) is 9.43. The average Bonchev–Trinajstić information content (AvgIpc) is 3.09. The monoisotopic (exact) mass is 444 g/mol. The molecule has 0 spiro atoms. The number of anilines is 3. The fourth-order valence-corrected chi connectivity index (χ4v) is 4.43. The molecule has 170 valence electrons. The predicted molar refractivity (Wildman–Crippen MR) is 129 cm³/mol. The molecule has 0 bridgehead atoms. The number of pyridine rings is 1. The highest BCUT2D eigenvalue weighted by atomic mass is 16.5. The Labute approximate surface area is 193 Å². The zero-order valence-corrected chi connectivity index (χ0v) is 19.9. The number of oxazole rings is 1. The van der Waals surface area contributed by atoms with Gasteiger partial charge < -0.3 is 19.4 Å². The smallest absolute Gasteiger partial charge is 0.227 e. The molecule has 1 saturated heterocycles. The Morgan fingerprint density at radius 1 is 1.06 bits per heavy atom. The molecule has 3 aromatic heterocycles. The van der Waals surface area contributed by atoms with Gasteiger partial charge in [-0.1, -0.05) is 13.8 Å². The molecule has 0 atom stereocenters. The van der Waals surface area contributed by atoms with Gasteiger partial charge in [-0.15, -0.1) is 0 Å². The van der Waals surface area contributed by atoms with Crippen molar-refractivity contribution in [3.8, 4) is 17.1 Å². The SMILES string of the molecule is COc1cc(-c2oc(C)nc2C)ccc1Nc1ncc2cc(C)nc(N3CC(C)(C)C3)c2n1. The summed E-state index contributed by atoms with van der Waals surface area (Å²) >= 11 is 0.